The molecule has 0 aromatic carbocycles. The molecule has 0 aliphatic heterocycles. The number of Topliss-reactive ketones (excluding diaryl/α,β-unsaturated/α-hetero) is 1. The van der Waals surface area contributed by atoms with Crippen molar-refractivity contribution in [3.05, 3.63) is 12.2 Å². The molecule has 0 spiro atoms. The van der Waals surface area contributed by atoms with Gasteiger partial charge in [-0.3, -0.25) is 14.4 Å². The Hall–Kier alpha value is -1.65. The van der Waals surface area contributed by atoms with Crippen LogP contribution in [0.2, 0.25) is 0 Å². The van der Waals surface area contributed by atoms with Crippen LogP contribution in [0.5, 0.6) is 0 Å². The highest BCUT2D eigenvalue weighted by Crippen LogP contribution is 2.35. The van der Waals surface area contributed by atoms with Crippen molar-refractivity contribution in [1.29, 1.82) is 0 Å². The summed E-state index contributed by atoms with van der Waals surface area (Å²) >= 11 is 0. The third-order valence-electron chi connectivity index (χ3n) is 6.71. The summed E-state index contributed by atoms with van der Waals surface area (Å²) < 4.78 is 10.2. The van der Waals surface area contributed by atoms with E-state index < -0.39 is 0 Å². The molecular formula is C25H40O5. The molecule has 0 aromatic heterocycles. The fourth-order valence-electron chi connectivity index (χ4n) is 5.03. The van der Waals surface area contributed by atoms with Gasteiger partial charge in [-0.05, 0) is 43.6 Å². The normalized spacial score (nSPS) is 23.6. The molecule has 0 amide bonds. The molecule has 5 nitrogen and oxygen atoms in total. The zero-order chi connectivity index (χ0) is 21.8. The maximum atomic E-state index is 12.4. The standard InChI is InChI=1S/C25H40O5/c1-19(26)30-22(18-20-10-6-5-7-11-20)16-14-21-15-17-24(27)23(21)12-8-3-4-9-13-25(28)29-2/h14,16,20-23H,3-13,15,17-18H2,1-2H3/t21-,22?,23+/m1/s1. The molecule has 1 unspecified atom stereocenters. The Bertz CT molecular complexity index is 576. The zero-order valence-electron chi connectivity index (χ0n) is 18.9. The summed E-state index contributed by atoms with van der Waals surface area (Å²) in [6, 6.07) is 0. The van der Waals surface area contributed by atoms with Crippen molar-refractivity contribution in [3.63, 3.8) is 0 Å². The lowest BCUT2D eigenvalue weighted by Crippen LogP contribution is -2.20. The van der Waals surface area contributed by atoms with Crippen LogP contribution in [0.15, 0.2) is 12.2 Å². The number of rotatable bonds is 12. The predicted molar refractivity (Wildman–Crippen MR) is 117 cm³/mol. The Balaban J connectivity index is 1.80. The number of carbonyl (C=O) groups is 3. The molecule has 2 fully saturated rings. The number of allylic oxidation sites excluding steroid dienone is 1. The van der Waals surface area contributed by atoms with Gasteiger partial charge >= 0.3 is 11.9 Å². The molecule has 0 aromatic rings. The molecule has 0 bridgehead atoms. The number of ether oxygens (including phenoxy) is 2. The molecule has 2 aliphatic rings. The third-order valence-corrected chi connectivity index (χ3v) is 6.71. The van der Waals surface area contributed by atoms with Crippen LogP contribution in [0.1, 0.15) is 96.8 Å². The Labute approximate surface area is 182 Å². The maximum Gasteiger partial charge on any atom is 0.305 e. The summed E-state index contributed by atoms with van der Waals surface area (Å²) in [4.78, 5) is 35.1. The summed E-state index contributed by atoms with van der Waals surface area (Å²) in [7, 11) is 1.42. The molecule has 5 heteroatoms. The van der Waals surface area contributed by atoms with Crippen molar-refractivity contribution in [3.8, 4) is 0 Å². The van der Waals surface area contributed by atoms with Gasteiger partial charge in [-0.25, -0.2) is 0 Å². The topological polar surface area (TPSA) is 69.7 Å². The predicted octanol–water partition coefficient (Wildman–Crippen LogP) is 5.55. The van der Waals surface area contributed by atoms with Crippen LogP contribution < -0.4 is 0 Å². The largest absolute Gasteiger partial charge is 0.469 e. The lowest BCUT2D eigenvalue weighted by molar-refractivity contribution is -0.145. The van der Waals surface area contributed by atoms with E-state index in [1.54, 1.807) is 0 Å². The summed E-state index contributed by atoms with van der Waals surface area (Å²) in [5, 5.41) is 0. The molecule has 2 aliphatic carbocycles. The van der Waals surface area contributed by atoms with E-state index in [0.29, 0.717) is 24.5 Å². The minimum absolute atomic E-state index is 0.0921. The number of ketones is 1. The van der Waals surface area contributed by atoms with Crippen molar-refractivity contribution in [1.82, 2.24) is 0 Å². The summed E-state index contributed by atoms with van der Waals surface area (Å²) in [6.45, 7) is 1.48. The van der Waals surface area contributed by atoms with Gasteiger partial charge in [0.05, 0.1) is 7.11 Å². The summed E-state index contributed by atoms with van der Waals surface area (Å²) in [5.41, 5.74) is 0. The Kier molecular flexibility index (Phi) is 11.2. The molecule has 3 atom stereocenters. The van der Waals surface area contributed by atoms with Crippen LogP contribution in [-0.2, 0) is 23.9 Å². The molecule has 170 valence electrons. The van der Waals surface area contributed by atoms with E-state index in [0.717, 1.165) is 44.9 Å². The van der Waals surface area contributed by atoms with Crippen LogP contribution in [0.4, 0.5) is 0 Å². The second kappa shape index (κ2) is 13.6. The van der Waals surface area contributed by atoms with E-state index in [4.69, 9.17) is 4.74 Å². The fourth-order valence-corrected chi connectivity index (χ4v) is 5.03. The Morgan fingerprint density at radius 3 is 2.50 bits per heavy atom. The van der Waals surface area contributed by atoms with Gasteiger partial charge in [0, 0.05) is 25.7 Å². The molecule has 2 rings (SSSR count). The van der Waals surface area contributed by atoms with Gasteiger partial charge in [-0.1, -0.05) is 57.4 Å². The molecule has 30 heavy (non-hydrogen) atoms. The first kappa shape index (κ1) is 24.6. The highest BCUT2D eigenvalue weighted by Gasteiger charge is 2.32. The van der Waals surface area contributed by atoms with Crippen LogP contribution in [0.25, 0.3) is 0 Å². The second-order valence-electron chi connectivity index (χ2n) is 9.08. The van der Waals surface area contributed by atoms with Gasteiger partial charge in [-0.2, -0.15) is 0 Å². The average Bonchev–Trinajstić information content (AvgIpc) is 3.08. The first-order valence-electron chi connectivity index (χ1n) is 11.9. The van der Waals surface area contributed by atoms with Gasteiger partial charge in [0.25, 0.3) is 0 Å². The lowest BCUT2D eigenvalue weighted by atomic mass is 9.84. The monoisotopic (exact) mass is 420 g/mol. The maximum absolute atomic E-state index is 12.4. The summed E-state index contributed by atoms with van der Waals surface area (Å²) in [6.07, 6.45) is 18.1. The number of esters is 2. The van der Waals surface area contributed by atoms with Crippen molar-refractivity contribution < 1.29 is 23.9 Å². The van der Waals surface area contributed by atoms with E-state index in [9.17, 15) is 14.4 Å². The number of hydrogen-bond acceptors (Lipinski definition) is 5. The molecule has 0 radical (unpaired) electrons. The molecule has 0 saturated heterocycles. The Morgan fingerprint density at radius 2 is 1.80 bits per heavy atom. The van der Waals surface area contributed by atoms with Crippen molar-refractivity contribution in [2.45, 2.75) is 103 Å². The molecule has 0 heterocycles. The van der Waals surface area contributed by atoms with Crippen molar-refractivity contribution in [2.75, 3.05) is 7.11 Å². The van der Waals surface area contributed by atoms with E-state index >= 15 is 0 Å². The lowest BCUT2D eigenvalue weighted by Gasteiger charge is -2.25. The molecule has 0 N–H and O–H groups in total. The fraction of sp³-hybridized carbons (Fsp3) is 0.800. The van der Waals surface area contributed by atoms with Crippen LogP contribution >= 0.6 is 0 Å². The molecular weight excluding hydrogens is 380 g/mol. The minimum Gasteiger partial charge on any atom is -0.469 e. The van der Waals surface area contributed by atoms with E-state index in [2.05, 4.69) is 16.9 Å². The van der Waals surface area contributed by atoms with E-state index in [1.165, 1.54) is 46.1 Å². The quantitative estimate of drug-likeness (QED) is 0.235. The minimum atomic E-state index is -0.230. The van der Waals surface area contributed by atoms with Gasteiger partial charge < -0.3 is 9.47 Å². The van der Waals surface area contributed by atoms with E-state index in [1.807, 2.05) is 0 Å². The number of carbonyl (C=O) groups excluding carboxylic acids is 3. The SMILES string of the molecule is COC(=O)CCCCCC[C@@H]1C(=O)CC[C@H]1C=CC(CC1CCCCC1)OC(C)=O. The summed E-state index contributed by atoms with van der Waals surface area (Å²) in [5.74, 6) is 0.981. The van der Waals surface area contributed by atoms with Gasteiger partial charge in [-0.15, -0.1) is 0 Å². The Morgan fingerprint density at radius 1 is 1.07 bits per heavy atom. The van der Waals surface area contributed by atoms with Crippen LogP contribution in [-0.4, -0.2) is 30.9 Å². The number of methoxy groups -OCH3 is 1. The van der Waals surface area contributed by atoms with Crippen molar-refractivity contribution in [2.24, 2.45) is 17.8 Å². The highest BCUT2D eigenvalue weighted by molar-refractivity contribution is 5.83. The van der Waals surface area contributed by atoms with Gasteiger partial charge in [0.1, 0.15) is 11.9 Å². The molecule has 2 saturated carbocycles. The van der Waals surface area contributed by atoms with Crippen LogP contribution in [0, 0.1) is 17.8 Å². The zero-order valence-corrected chi connectivity index (χ0v) is 18.9. The average molecular weight is 421 g/mol. The van der Waals surface area contributed by atoms with Gasteiger partial charge in [0.15, 0.2) is 0 Å². The third kappa shape index (κ3) is 9.01. The highest BCUT2D eigenvalue weighted by atomic mass is 16.5. The van der Waals surface area contributed by atoms with Crippen molar-refractivity contribution >= 4 is 17.7 Å². The number of hydrogen-bond donors (Lipinski definition) is 0. The van der Waals surface area contributed by atoms with Crippen LogP contribution in [0.3, 0.4) is 0 Å². The smallest absolute Gasteiger partial charge is 0.305 e. The van der Waals surface area contributed by atoms with E-state index in [-0.39, 0.29) is 29.9 Å². The van der Waals surface area contributed by atoms with Gasteiger partial charge in [0.2, 0.25) is 0 Å². The second-order valence-corrected chi connectivity index (χ2v) is 9.08. The number of unbranched alkanes of at least 4 members (excludes halogenated alkanes) is 3. The first-order chi connectivity index (χ1) is 14.5. The first-order valence-corrected chi connectivity index (χ1v) is 11.9.